The molecule has 2 N–H and O–H groups in total. The van der Waals surface area contributed by atoms with Crippen molar-refractivity contribution in [2.45, 2.75) is 18.5 Å². The number of carbonyl (C=O) groups is 2. The molecule has 2 amide bonds. The molecule has 0 aromatic heterocycles. The van der Waals surface area contributed by atoms with E-state index in [1.165, 1.54) is 6.08 Å². The van der Waals surface area contributed by atoms with Crippen molar-refractivity contribution in [3.63, 3.8) is 0 Å². The Labute approximate surface area is 66.1 Å². The van der Waals surface area contributed by atoms with Crippen LogP contribution < -0.4 is 10.6 Å². The van der Waals surface area contributed by atoms with Gasteiger partial charge in [-0.15, -0.1) is 6.58 Å². The summed E-state index contributed by atoms with van der Waals surface area (Å²) in [5, 5.41) is 3.19. The van der Waals surface area contributed by atoms with Crippen molar-refractivity contribution in [3.8, 4) is 0 Å². The first-order valence-corrected chi connectivity index (χ1v) is 3.35. The molecular weight excluding hydrogens is 144 g/mol. The van der Waals surface area contributed by atoms with Crippen LogP contribution in [0, 0.1) is 0 Å². The lowest BCUT2D eigenvalue weighted by Crippen LogP contribution is -2.35. The predicted molar refractivity (Wildman–Crippen MR) is 39.7 cm³/mol. The van der Waals surface area contributed by atoms with Crippen LogP contribution in [0.3, 0.4) is 0 Å². The third kappa shape index (κ3) is 1.58. The normalized spacial score (nSPS) is 31.5. The number of rotatable bonds is 3. The first kappa shape index (κ1) is 6.39. The van der Waals surface area contributed by atoms with Gasteiger partial charge in [0.2, 0.25) is 12.3 Å². The highest BCUT2D eigenvalue weighted by atomic mass is 16.2. The summed E-state index contributed by atoms with van der Waals surface area (Å²) in [6.07, 6.45) is 2.43. The van der Waals surface area contributed by atoms with E-state index >= 15 is 0 Å². The molecule has 1 rings (SSSR count). The number of hydrogen-bond acceptors (Lipinski definition) is 2. The van der Waals surface area contributed by atoms with E-state index in [4.69, 9.17) is 1.41 Å². The molecule has 0 spiro atoms. The van der Waals surface area contributed by atoms with Crippen LogP contribution in [-0.4, -0.2) is 24.4 Å². The molecule has 60 valence electrons. The Bertz CT molecular complexity index is 219. The van der Waals surface area contributed by atoms with Gasteiger partial charge in [-0.3, -0.25) is 9.59 Å². The molecule has 1 heterocycles. The van der Waals surface area contributed by atoms with E-state index in [9.17, 15) is 9.59 Å². The summed E-state index contributed by atoms with van der Waals surface area (Å²) in [6.45, 7) is 3.49. The maximum atomic E-state index is 11.1. The zero-order chi connectivity index (χ0) is 9.14. The van der Waals surface area contributed by atoms with E-state index in [2.05, 4.69) is 11.9 Å². The highest BCUT2D eigenvalue weighted by Gasteiger charge is 2.29. The minimum Gasteiger partial charge on any atom is -0.348 e. The predicted octanol–water partition coefficient (Wildman–Crippen LogP) is -0.825. The fraction of sp³-hybridized carbons (Fsp3) is 0.429. The van der Waals surface area contributed by atoms with Crippen LogP contribution in [0.2, 0.25) is 1.41 Å². The van der Waals surface area contributed by atoms with Gasteiger partial charge in [-0.05, 0) is 0 Å². The Morgan fingerprint density at radius 1 is 1.91 bits per heavy atom. The van der Waals surface area contributed by atoms with Gasteiger partial charge < -0.3 is 10.6 Å². The minimum atomic E-state index is -0.553. The van der Waals surface area contributed by atoms with Gasteiger partial charge in [0.1, 0.15) is 6.04 Å². The summed E-state index contributed by atoms with van der Waals surface area (Å²) in [5.74, 6) is -0.382. The lowest BCUT2D eigenvalue weighted by molar-refractivity contribution is -0.123. The zero-order valence-electron chi connectivity index (χ0n) is 6.99. The molecule has 11 heavy (non-hydrogen) atoms. The smallest absolute Gasteiger partial charge is 0.243 e. The second kappa shape index (κ2) is 3.18. The molecule has 0 radical (unpaired) electrons. The molecule has 2 atom stereocenters. The highest BCUT2D eigenvalue weighted by Crippen LogP contribution is 2.07. The van der Waals surface area contributed by atoms with Crippen LogP contribution in [0.4, 0.5) is 0 Å². The SMILES string of the molecule is [2H]N1C(=O)C(NC=O)CC1C=C. The number of carbonyl (C=O) groups excluding carboxylic acids is 2. The number of nitrogens with one attached hydrogen (secondary N) is 2. The molecule has 0 saturated carbocycles. The molecule has 4 nitrogen and oxygen atoms in total. The summed E-state index contributed by atoms with van der Waals surface area (Å²) in [4.78, 5) is 21.2. The summed E-state index contributed by atoms with van der Waals surface area (Å²) in [7, 11) is 0. The summed E-state index contributed by atoms with van der Waals surface area (Å²) in [5.41, 5.74) is 0. The standard InChI is InChI=1S/C7H10N2O2/c1-2-5-3-6(8-4-10)7(11)9-5/h2,4-6H,1,3H2,(H,8,10)(H,9,11)/i/hD. The van der Waals surface area contributed by atoms with Gasteiger partial charge in [0, 0.05) is 12.5 Å². The Morgan fingerprint density at radius 2 is 2.64 bits per heavy atom. The van der Waals surface area contributed by atoms with Crippen molar-refractivity contribution in [2.75, 3.05) is 0 Å². The number of amides is 2. The van der Waals surface area contributed by atoms with Gasteiger partial charge in [0.25, 0.3) is 0 Å². The molecule has 0 aromatic rings. The fourth-order valence-corrected chi connectivity index (χ4v) is 1.02. The van der Waals surface area contributed by atoms with Crippen LogP contribution in [0.5, 0.6) is 0 Å². The average molecular weight is 155 g/mol. The molecule has 1 saturated heterocycles. The molecular formula is C7H10N2O2. The van der Waals surface area contributed by atoms with Crippen LogP contribution in [-0.2, 0) is 9.59 Å². The highest BCUT2D eigenvalue weighted by molar-refractivity contribution is 5.86. The van der Waals surface area contributed by atoms with E-state index < -0.39 is 6.04 Å². The molecule has 1 aliphatic heterocycles. The van der Waals surface area contributed by atoms with E-state index in [0.29, 0.717) is 12.8 Å². The largest absolute Gasteiger partial charge is 0.348 e. The van der Waals surface area contributed by atoms with Crippen LogP contribution in [0.1, 0.15) is 6.42 Å². The van der Waals surface area contributed by atoms with Crippen LogP contribution in [0.25, 0.3) is 0 Å². The molecule has 1 fully saturated rings. The van der Waals surface area contributed by atoms with E-state index in [1.807, 2.05) is 0 Å². The van der Waals surface area contributed by atoms with Crippen molar-refractivity contribution in [3.05, 3.63) is 12.7 Å². The summed E-state index contributed by atoms with van der Waals surface area (Å²) >= 11 is 0. The maximum Gasteiger partial charge on any atom is 0.243 e. The first-order chi connectivity index (χ1) is 5.70. The molecule has 4 heteroatoms. The third-order valence-electron chi connectivity index (χ3n) is 1.61. The van der Waals surface area contributed by atoms with E-state index in [-0.39, 0.29) is 11.9 Å². The topological polar surface area (TPSA) is 58.2 Å². The molecule has 0 aromatic carbocycles. The Balaban J connectivity index is 2.66. The third-order valence-corrected chi connectivity index (χ3v) is 1.61. The maximum absolute atomic E-state index is 11.1. The van der Waals surface area contributed by atoms with Crippen molar-refractivity contribution >= 4 is 12.3 Å². The fourth-order valence-electron chi connectivity index (χ4n) is 1.02. The van der Waals surface area contributed by atoms with Gasteiger partial charge >= 0.3 is 0 Å². The van der Waals surface area contributed by atoms with Gasteiger partial charge in [-0.1, -0.05) is 6.08 Å². The summed E-state index contributed by atoms with van der Waals surface area (Å²) < 4.78 is 7.26. The van der Waals surface area contributed by atoms with E-state index in [1.54, 1.807) is 0 Å². The second-order valence-electron chi connectivity index (χ2n) is 2.34. The van der Waals surface area contributed by atoms with Gasteiger partial charge in [0.15, 0.2) is 1.41 Å². The molecule has 0 bridgehead atoms. The van der Waals surface area contributed by atoms with Gasteiger partial charge in [-0.2, -0.15) is 0 Å². The van der Waals surface area contributed by atoms with Crippen molar-refractivity contribution < 1.29 is 11.0 Å². The molecule has 1 aliphatic rings. The summed E-state index contributed by atoms with van der Waals surface area (Å²) in [6, 6.07) is -0.835. The molecule has 0 aliphatic carbocycles. The van der Waals surface area contributed by atoms with E-state index in [0.717, 1.165) is 5.31 Å². The lowest BCUT2D eigenvalue weighted by Gasteiger charge is -2.01. The second-order valence-corrected chi connectivity index (χ2v) is 2.34. The zero-order valence-corrected chi connectivity index (χ0v) is 5.99. The van der Waals surface area contributed by atoms with Crippen LogP contribution in [0.15, 0.2) is 12.7 Å². The number of hydrogen-bond donors (Lipinski definition) is 2. The van der Waals surface area contributed by atoms with Gasteiger partial charge in [-0.25, -0.2) is 0 Å². The Hall–Kier alpha value is -1.32. The van der Waals surface area contributed by atoms with Crippen molar-refractivity contribution in [1.82, 2.24) is 10.6 Å². The monoisotopic (exact) mass is 155 g/mol. The van der Waals surface area contributed by atoms with Gasteiger partial charge in [0.05, 0.1) is 0 Å². The van der Waals surface area contributed by atoms with Crippen molar-refractivity contribution in [2.24, 2.45) is 0 Å². The van der Waals surface area contributed by atoms with Crippen molar-refractivity contribution in [1.29, 1.82) is 0 Å². The quantitative estimate of drug-likeness (QED) is 0.413. The average Bonchev–Trinajstić information content (AvgIpc) is 2.33. The minimum absolute atomic E-state index is 0.282. The Morgan fingerprint density at radius 3 is 3.09 bits per heavy atom. The molecule has 2 unspecified atom stereocenters. The first-order valence-electron chi connectivity index (χ1n) is 3.79. The van der Waals surface area contributed by atoms with Crippen LogP contribution >= 0.6 is 0 Å². The lowest BCUT2D eigenvalue weighted by atomic mass is 10.2. The Kier molecular flexibility index (Phi) is 1.85.